The van der Waals surface area contributed by atoms with Gasteiger partial charge in [-0.25, -0.2) is 0 Å². The summed E-state index contributed by atoms with van der Waals surface area (Å²) in [5.74, 6) is 0. The highest BCUT2D eigenvalue weighted by Crippen LogP contribution is 2.07. The molecule has 1 atom stereocenters. The Kier molecular flexibility index (Phi) is 6.15. The Morgan fingerprint density at radius 3 is 2.57 bits per heavy atom. The zero-order chi connectivity index (χ0) is 10.2. The van der Waals surface area contributed by atoms with Crippen LogP contribution in [-0.2, 0) is 0 Å². The molecule has 0 aliphatic carbocycles. The molecule has 1 aliphatic rings. The number of hydrogen-bond donors (Lipinski definition) is 2. The van der Waals surface area contributed by atoms with E-state index >= 15 is 0 Å². The summed E-state index contributed by atoms with van der Waals surface area (Å²) in [4.78, 5) is 2.57. The smallest absolute Gasteiger partial charge is 0.0166 e. The molecule has 2 N–H and O–H groups in total. The van der Waals surface area contributed by atoms with Gasteiger partial charge in [0, 0.05) is 12.6 Å². The molecular weight excluding hydrogens is 174 g/mol. The molecule has 0 spiro atoms. The summed E-state index contributed by atoms with van der Waals surface area (Å²) in [7, 11) is 2.01. The van der Waals surface area contributed by atoms with Crippen LogP contribution in [0.3, 0.4) is 0 Å². The van der Waals surface area contributed by atoms with Crippen molar-refractivity contribution in [1.29, 1.82) is 0 Å². The van der Waals surface area contributed by atoms with Crippen LogP contribution >= 0.6 is 0 Å². The molecule has 1 fully saturated rings. The fraction of sp³-hybridized carbons (Fsp3) is 1.00. The molecule has 1 unspecified atom stereocenters. The first-order valence-electron chi connectivity index (χ1n) is 5.93. The summed E-state index contributed by atoms with van der Waals surface area (Å²) in [6.45, 7) is 8.38. The van der Waals surface area contributed by atoms with Gasteiger partial charge in [0.1, 0.15) is 0 Å². The Balaban J connectivity index is 1.95. The minimum absolute atomic E-state index is 0.643. The van der Waals surface area contributed by atoms with E-state index in [2.05, 4.69) is 22.5 Å². The first-order chi connectivity index (χ1) is 6.83. The van der Waals surface area contributed by atoms with E-state index in [0.29, 0.717) is 6.04 Å². The zero-order valence-corrected chi connectivity index (χ0v) is 9.68. The quantitative estimate of drug-likeness (QED) is 0.590. The standard InChI is InChI=1S/C11H25N3/c1-11(13-7-5-6-12-2)10-14-8-3-4-9-14/h11-13H,3-10H2,1-2H3. The second-order valence-electron chi connectivity index (χ2n) is 4.32. The molecule has 84 valence electrons. The van der Waals surface area contributed by atoms with Crippen molar-refractivity contribution in [1.82, 2.24) is 15.5 Å². The van der Waals surface area contributed by atoms with Gasteiger partial charge in [0.25, 0.3) is 0 Å². The van der Waals surface area contributed by atoms with Crippen LogP contribution in [0.1, 0.15) is 26.2 Å². The first-order valence-corrected chi connectivity index (χ1v) is 5.93. The SMILES string of the molecule is CNCCCNC(C)CN1CCCC1. The van der Waals surface area contributed by atoms with Crippen molar-refractivity contribution in [3.8, 4) is 0 Å². The fourth-order valence-electron chi connectivity index (χ4n) is 2.03. The molecule has 14 heavy (non-hydrogen) atoms. The molecule has 1 heterocycles. The van der Waals surface area contributed by atoms with Crippen molar-refractivity contribution in [3.05, 3.63) is 0 Å². The lowest BCUT2D eigenvalue weighted by molar-refractivity contribution is 0.298. The average Bonchev–Trinajstić information content (AvgIpc) is 2.65. The topological polar surface area (TPSA) is 27.3 Å². The van der Waals surface area contributed by atoms with Crippen molar-refractivity contribution < 1.29 is 0 Å². The van der Waals surface area contributed by atoms with Gasteiger partial charge in [-0.15, -0.1) is 0 Å². The van der Waals surface area contributed by atoms with Crippen molar-refractivity contribution in [2.24, 2.45) is 0 Å². The highest BCUT2D eigenvalue weighted by atomic mass is 15.2. The molecule has 0 aromatic carbocycles. The Labute approximate surface area is 88.2 Å². The third-order valence-corrected chi connectivity index (χ3v) is 2.83. The fourth-order valence-corrected chi connectivity index (χ4v) is 2.03. The van der Waals surface area contributed by atoms with Crippen molar-refractivity contribution >= 4 is 0 Å². The lowest BCUT2D eigenvalue weighted by Crippen LogP contribution is -2.38. The highest BCUT2D eigenvalue weighted by molar-refractivity contribution is 4.72. The van der Waals surface area contributed by atoms with E-state index in [0.717, 1.165) is 13.1 Å². The number of likely N-dealkylation sites (tertiary alicyclic amines) is 1. The molecule has 1 saturated heterocycles. The summed E-state index contributed by atoms with van der Waals surface area (Å²) in [5.41, 5.74) is 0. The van der Waals surface area contributed by atoms with E-state index in [9.17, 15) is 0 Å². The summed E-state index contributed by atoms with van der Waals surface area (Å²) < 4.78 is 0. The van der Waals surface area contributed by atoms with Crippen LogP contribution in [0.4, 0.5) is 0 Å². The van der Waals surface area contributed by atoms with Crippen LogP contribution in [0.2, 0.25) is 0 Å². The second kappa shape index (κ2) is 7.21. The minimum atomic E-state index is 0.643. The average molecular weight is 199 g/mol. The Morgan fingerprint density at radius 1 is 1.21 bits per heavy atom. The van der Waals surface area contributed by atoms with Crippen LogP contribution in [0, 0.1) is 0 Å². The molecule has 0 saturated carbocycles. The number of nitrogens with zero attached hydrogens (tertiary/aromatic N) is 1. The maximum Gasteiger partial charge on any atom is 0.0166 e. The van der Waals surface area contributed by atoms with Crippen LogP contribution in [0.5, 0.6) is 0 Å². The van der Waals surface area contributed by atoms with Crippen molar-refractivity contribution in [2.45, 2.75) is 32.2 Å². The van der Waals surface area contributed by atoms with Crippen LogP contribution < -0.4 is 10.6 Å². The van der Waals surface area contributed by atoms with E-state index in [1.807, 2.05) is 7.05 Å². The van der Waals surface area contributed by atoms with E-state index in [-0.39, 0.29) is 0 Å². The van der Waals surface area contributed by atoms with Gasteiger partial charge >= 0.3 is 0 Å². The van der Waals surface area contributed by atoms with E-state index in [4.69, 9.17) is 0 Å². The summed E-state index contributed by atoms with van der Waals surface area (Å²) in [6, 6.07) is 0.643. The first kappa shape index (κ1) is 12.0. The number of hydrogen-bond acceptors (Lipinski definition) is 3. The van der Waals surface area contributed by atoms with Gasteiger partial charge < -0.3 is 15.5 Å². The lowest BCUT2D eigenvalue weighted by Gasteiger charge is -2.21. The van der Waals surface area contributed by atoms with Crippen LogP contribution in [-0.4, -0.2) is 50.7 Å². The molecule has 0 radical (unpaired) electrons. The van der Waals surface area contributed by atoms with Crippen molar-refractivity contribution in [2.75, 3.05) is 39.8 Å². The largest absolute Gasteiger partial charge is 0.320 e. The Morgan fingerprint density at radius 2 is 1.93 bits per heavy atom. The predicted molar refractivity (Wildman–Crippen MR) is 61.7 cm³/mol. The lowest BCUT2D eigenvalue weighted by atomic mass is 10.3. The Hall–Kier alpha value is -0.120. The normalized spacial score (nSPS) is 20.1. The summed E-state index contributed by atoms with van der Waals surface area (Å²) >= 11 is 0. The van der Waals surface area contributed by atoms with Crippen LogP contribution in [0.25, 0.3) is 0 Å². The molecule has 1 rings (SSSR count). The maximum absolute atomic E-state index is 3.56. The summed E-state index contributed by atoms with van der Waals surface area (Å²) in [6.07, 6.45) is 4.01. The molecule has 0 bridgehead atoms. The number of nitrogens with one attached hydrogen (secondary N) is 2. The zero-order valence-electron chi connectivity index (χ0n) is 9.68. The number of rotatable bonds is 7. The van der Waals surface area contributed by atoms with Gasteiger partial charge in [0.2, 0.25) is 0 Å². The second-order valence-corrected chi connectivity index (χ2v) is 4.32. The van der Waals surface area contributed by atoms with Gasteiger partial charge in [-0.1, -0.05) is 0 Å². The highest BCUT2D eigenvalue weighted by Gasteiger charge is 2.13. The van der Waals surface area contributed by atoms with E-state index in [1.165, 1.54) is 38.9 Å². The maximum atomic E-state index is 3.56. The van der Waals surface area contributed by atoms with Gasteiger partial charge in [0.15, 0.2) is 0 Å². The van der Waals surface area contributed by atoms with Crippen molar-refractivity contribution in [3.63, 3.8) is 0 Å². The molecule has 0 aromatic rings. The monoisotopic (exact) mass is 199 g/mol. The molecule has 0 aromatic heterocycles. The third kappa shape index (κ3) is 4.94. The van der Waals surface area contributed by atoms with Gasteiger partial charge in [0.05, 0.1) is 0 Å². The van der Waals surface area contributed by atoms with E-state index in [1.54, 1.807) is 0 Å². The molecular formula is C11H25N3. The molecule has 3 nitrogen and oxygen atoms in total. The van der Waals surface area contributed by atoms with Gasteiger partial charge in [-0.3, -0.25) is 0 Å². The Bertz CT molecular complexity index is 132. The van der Waals surface area contributed by atoms with Gasteiger partial charge in [-0.2, -0.15) is 0 Å². The predicted octanol–water partition coefficient (Wildman–Crippen LogP) is 0.670. The third-order valence-electron chi connectivity index (χ3n) is 2.83. The summed E-state index contributed by atoms with van der Waals surface area (Å²) in [5, 5.41) is 6.73. The van der Waals surface area contributed by atoms with Gasteiger partial charge in [-0.05, 0) is 59.4 Å². The molecule has 3 heteroatoms. The van der Waals surface area contributed by atoms with Crippen LogP contribution in [0.15, 0.2) is 0 Å². The molecule has 1 aliphatic heterocycles. The molecule has 0 amide bonds. The van der Waals surface area contributed by atoms with E-state index < -0.39 is 0 Å². The minimum Gasteiger partial charge on any atom is -0.320 e.